The minimum absolute atomic E-state index is 0.00332. The Morgan fingerprint density at radius 2 is 1.38 bits per heavy atom. The van der Waals surface area contributed by atoms with Crippen molar-refractivity contribution in [3.8, 4) is 0 Å². The standard InChI is InChI=1S/C25H43N5O9/c1-4-15(2)22(25(39)29-17(23(26)37)9-8-11-20(33)34)30-24(38)18(12-13-21(35)36)28-19(32)10-6-5-7-14-27-16(3)31/h15,17-18,22H,4-14H2,1-3H3,(H2,26,37)(H,27,31)(H,28,32)(H,29,39)(H,30,38)(H,33,34)(H,35,36)/t15?,17-,18-,22-/m0/s1. The minimum Gasteiger partial charge on any atom is -0.481 e. The van der Waals surface area contributed by atoms with Gasteiger partial charge in [0, 0.05) is 32.7 Å². The van der Waals surface area contributed by atoms with E-state index >= 15 is 0 Å². The van der Waals surface area contributed by atoms with Crippen LogP contribution in [0, 0.1) is 5.92 Å². The molecule has 0 saturated carbocycles. The third-order valence-corrected chi connectivity index (χ3v) is 6.09. The van der Waals surface area contributed by atoms with Crippen molar-refractivity contribution >= 4 is 41.5 Å². The van der Waals surface area contributed by atoms with E-state index in [0.29, 0.717) is 32.2 Å². The van der Waals surface area contributed by atoms with Crippen molar-refractivity contribution in [2.45, 2.75) is 103 Å². The number of carbonyl (C=O) groups excluding carboxylic acids is 5. The van der Waals surface area contributed by atoms with E-state index in [-0.39, 0.29) is 38.0 Å². The number of carboxylic acid groups (broad SMARTS) is 2. The molecule has 8 N–H and O–H groups in total. The molecule has 0 aromatic carbocycles. The van der Waals surface area contributed by atoms with E-state index in [4.69, 9.17) is 15.9 Å². The van der Waals surface area contributed by atoms with Gasteiger partial charge in [-0.25, -0.2) is 0 Å². The highest BCUT2D eigenvalue weighted by atomic mass is 16.4. The van der Waals surface area contributed by atoms with Crippen molar-refractivity contribution in [3.63, 3.8) is 0 Å². The molecule has 0 aromatic heterocycles. The third-order valence-electron chi connectivity index (χ3n) is 6.09. The molecule has 0 bridgehead atoms. The molecule has 0 rings (SSSR count). The van der Waals surface area contributed by atoms with Gasteiger partial charge in [0.05, 0.1) is 0 Å². The summed E-state index contributed by atoms with van der Waals surface area (Å²) in [5.74, 6) is -5.55. The molecular weight excluding hydrogens is 514 g/mol. The molecule has 0 aromatic rings. The summed E-state index contributed by atoms with van der Waals surface area (Å²) in [5.41, 5.74) is 5.35. The molecule has 0 fully saturated rings. The Bertz CT molecular complexity index is 865. The van der Waals surface area contributed by atoms with Crippen LogP contribution in [-0.4, -0.2) is 76.4 Å². The van der Waals surface area contributed by atoms with Gasteiger partial charge in [-0.15, -0.1) is 0 Å². The van der Waals surface area contributed by atoms with E-state index in [1.165, 1.54) is 6.92 Å². The third kappa shape index (κ3) is 16.7. The van der Waals surface area contributed by atoms with Gasteiger partial charge in [0.15, 0.2) is 0 Å². The van der Waals surface area contributed by atoms with E-state index < -0.39 is 66.0 Å². The molecule has 0 spiro atoms. The molecule has 14 nitrogen and oxygen atoms in total. The summed E-state index contributed by atoms with van der Waals surface area (Å²) in [4.78, 5) is 83.1. The molecule has 0 aliphatic heterocycles. The topological polar surface area (TPSA) is 234 Å². The van der Waals surface area contributed by atoms with Crippen LogP contribution in [0.5, 0.6) is 0 Å². The number of hydrogen-bond acceptors (Lipinski definition) is 7. The van der Waals surface area contributed by atoms with E-state index in [0.717, 1.165) is 0 Å². The molecule has 14 heteroatoms. The first-order chi connectivity index (χ1) is 18.3. The zero-order valence-corrected chi connectivity index (χ0v) is 22.9. The first-order valence-corrected chi connectivity index (χ1v) is 13.2. The van der Waals surface area contributed by atoms with Crippen LogP contribution in [0.4, 0.5) is 0 Å². The Morgan fingerprint density at radius 3 is 1.92 bits per heavy atom. The summed E-state index contributed by atoms with van der Waals surface area (Å²) >= 11 is 0. The molecule has 0 heterocycles. The normalized spacial score (nSPS) is 13.7. The van der Waals surface area contributed by atoms with Crippen molar-refractivity contribution in [2.24, 2.45) is 11.7 Å². The highest BCUT2D eigenvalue weighted by Crippen LogP contribution is 2.11. The molecule has 222 valence electrons. The number of aliphatic carboxylic acids is 2. The van der Waals surface area contributed by atoms with Gasteiger partial charge in [0.25, 0.3) is 0 Å². The number of hydrogen-bond donors (Lipinski definition) is 7. The molecule has 0 aliphatic carbocycles. The highest BCUT2D eigenvalue weighted by molar-refractivity contribution is 5.94. The van der Waals surface area contributed by atoms with Crippen molar-refractivity contribution < 1.29 is 43.8 Å². The van der Waals surface area contributed by atoms with Gasteiger partial charge in [-0.2, -0.15) is 0 Å². The van der Waals surface area contributed by atoms with Crippen molar-refractivity contribution in [1.82, 2.24) is 21.3 Å². The second-order valence-electron chi connectivity index (χ2n) is 9.47. The molecule has 0 saturated heterocycles. The van der Waals surface area contributed by atoms with E-state index in [2.05, 4.69) is 21.3 Å². The zero-order chi connectivity index (χ0) is 30.0. The lowest BCUT2D eigenvalue weighted by Gasteiger charge is -2.28. The monoisotopic (exact) mass is 557 g/mol. The van der Waals surface area contributed by atoms with Crippen molar-refractivity contribution in [3.05, 3.63) is 0 Å². The molecular formula is C25H43N5O9. The van der Waals surface area contributed by atoms with Crippen molar-refractivity contribution in [1.29, 1.82) is 0 Å². The minimum atomic E-state index is -1.21. The summed E-state index contributed by atoms with van der Waals surface area (Å²) in [6, 6.07) is -3.48. The van der Waals surface area contributed by atoms with E-state index in [1.54, 1.807) is 13.8 Å². The fourth-order valence-corrected chi connectivity index (χ4v) is 3.62. The van der Waals surface area contributed by atoms with Crippen LogP contribution in [0.15, 0.2) is 0 Å². The number of rotatable bonds is 21. The quantitative estimate of drug-likeness (QED) is 0.0923. The number of primary amides is 1. The summed E-state index contributed by atoms with van der Waals surface area (Å²) in [6.45, 7) is 5.37. The molecule has 0 aliphatic rings. The predicted molar refractivity (Wildman–Crippen MR) is 140 cm³/mol. The lowest BCUT2D eigenvalue weighted by Crippen LogP contribution is -2.58. The van der Waals surface area contributed by atoms with Gasteiger partial charge >= 0.3 is 11.9 Å². The Balaban J connectivity index is 5.30. The van der Waals surface area contributed by atoms with Gasteiger partial charge in [-0.3, -0.25) is 33.6 Å². The maximum Gasteiger partial charge on any atom is 0.303 e. The maximum absolute atomic E-state index is 13.1. The van der Waals surface area contributed by atoms with Crippen LogP contribution < -0.4 is 27.0 Å². The molecule has 39 heavy (non-hydrogen) atoms. The number of carbonyl (C=O) groups is 7. The summed E-state index contributed by atoms with van der Waals surface area (Å²) in [6.07, 6.45) is 1.64. The second kappa shape index (κ2) is 19.4. The number of unbranched alkanes of at least 4 members (excludes halogenated alkanes) is 2. The highest BCUT2D eigenvalue weighted by Gasteiger charge is 2.32. The van der Waals surface area contributed by atoms with Crippen LogP contribution in [0.2, 0.25) is 0 Å². The van der Waals surface area contributed by atoms with Gasteiger partial charge in [-0.1, -0.05) is 26.7 Å². The number of nitrogens with two attached hydrogens (primary N) is 1. The number of carboxylic acids is 2. The summed E-state index contributed by atoms with van der Waals surface area (Å²) in [7, 11) is 0. The van der Waals surface area contributed by atoms with Crippen LogP contribution >= 0.6 is 0 Å². The lowest BCUT2D eigenvalue weighted by molar-refractivity contribution is -0.139. The van der Waals surface area contributed by atoms with Gasteiger partial charge in [-0.05, 0) is 38.0 Å². The average molecular weight is 558 g/mol. The van der Waals surface area contributed by atoms with Crippen LogP contribution in [-0.2, 0) is 33.6 Å². The first kappa shape index (κ1) is 35.3. The Hall–Kier alpha value is -3.71. The largest absolute Gasteiger partial charge is 0.481 e. The summed E-state index contributed by atoms with van der Waals surface area (Å²) < 4.78 is 0. The SMILES string of the molecule is CCC(C)[C@H](NC(=O)[C@H](CCC(=O)O)NC(=O)CCCCCNC(C)=O)C(=O)N[C@@H](CCCC(=O)O)C(N)=O. The second-order valence-corrected chi connectivity index (χ2v) is 9.47. The van der Waals surface area contributed by atoms with E-state index in [1.807, 2.05) is 0 Å². The van der Waals surface area contributed by atoms with Gasteiger partial charge in [0.2, 0.25) is 29.5 Å². The lowest BCUT2D eigenvalue weighted by atomic mass is 9.96. The average Bonchev–Trinajstić information content (AvgIpc) is 2.85. The fraction of sp³-hybridized carbons (Fsp3) is 0.720. The van der Waals surface area contributed by atoms with Crippen LogP contribution in [0.3, 0.4) is 0 Å². The van der Waals surface area contributed by atoms with Gasteiger partial charge in [0.1, 0.15) is 18.1 Å². The van der Waals surface area contributed by atoms with E-state index in [9.17, 15) is 33.6 Å². The van der Waals surface area contributed by atoms with Crippen LogP contribution in [0.25, 0.3) is 0 Å². The fourth-order valence-electron chi connectivity index (χ4n) is 3.62. The molecule has 5 amide bonds. The molecule has 0 radical (unpaired) electrons. The number of nitrogens with one attached hydrogen (secondary N) is 4. The maximum atomic E-state index is 13.1. The first-order valence-electron chi connectivity index (χ1n) is 13.2. The smallest absolute Gasteiger partial charge is 0.303 e. The molecule has 4 atom stereocenters. The Kier molecular flexibility index (Phi) is 17.5. The van der Waals surface area contributed by atoms with Crippen LogP contribution in [0.1, 0.15) is 85.0 Å². The summed E-state index contributed by atoms with van der Waals surface area (Å²) in [5, 5.41) is 28.1. The van der Waals surface area contributed by atoms with Crippen molar-refractivity contribution in [2.75, 3.05) is 6.54 Å². The van der Waals surface area contributed by atoms with Gasteiger partial charge < -0.3 is 37.2 Å². The predicted octanol–water partition coefficient (Wildman–Crippen LogP) is -0.212. The number of amides is 5. The zero-order valence-electron chi connectivity index (χ0n) is 22.9. The molecule has 1 unspecified atom stereocenters. The Labute approximate surface area is 228 Å². The Morgan fingerprint density at radius 1 is 0.744 bits per heavy atom.